The average Bonchev–Trinajstić information content (AvgIpc) is 2.33. The molecule has 0 aromatic rings. The highest BCUT2D eigenvalue weighted by Gasteiger charge is 2.51. The minimum Gasteiger partial charge on any atom is -0.306 e. The summed E-state index contributed by atoms with van der Waals surface area (Å²) in [5, 5.41) is 0. The Morgan fingerprint density at radius 3 is 2.42 bits per heavy atom. The molecule has 1 fully saturated rings. The fourth-order valence-electron chi connectivity index (χ4n) is 1.92. The Bertz CT molecular complexity index is 170. The average molecular weight is 177 g/mol. The molecule has 0 N–H and O–H groups in total. The van der Waals surface area contributed by atoms with Crippen LogP contribution in [-0.4, -0.2) is 31.0 Å². The molecule has 72 valence electrons. The van der Waals surface area contributed by atoms with E-state index in [0.29, 0.717) is 13.0 Å². The van der Waals surface area contributed by atoms with Crippen molar-refractivity contribution >= 4 is 0 Å². The molecule has 1 nitrogen and oxygen atoms in total. The first kappa shape index (κ1) is 9.90. The van der Waals surface area contributed by atoms with E-state index >= 15 is 0 Å². The van der Waals surface area contributed by atoms with Crippen LogP contribution in [0.15, 0.2) is 0 Å². The van der Waals surface area contributed by atoms with Crippen LogP contribution in [0.4, 0.5) is 8.78 Å². The van der Waals surface area contributed by atoms with Gasteiger partial charge in [0.05, 0.1) is 0 Å². The topological polar surface area (TPSA) is 3.24 Å². The maximum Gasteiger partial charge on any atom is 0.254 e. The van der Waals surface area contributed by atoms with Gasteiger partial charge < -0.3 is 4.90 Å². The Morgan fingerprint density at radius 1 is 1.50 bits per heavy atom. The molecule has 12 heavy (non-hydrogen) atoms. The zero-order valence-corrected chi connectivity index (χ0v) is 8.03. The van der Waals surface area contributed by atoms with Crippen LogP contribution in [0.2, 0.25) is 0 Å². The van der Waals surface area contributed by atoms with E-state index in [1.165, 1.54) is 0 Å². The maximum atomic E-state index is 13.4. The molecule has 0 saturated carbocycles. The van der Waals surface area contributed by atoms with E-state index in [4.69, 9.17) is 0 Å². The monoisotopic (exact) mass is 177 g/mol. The van der Waals surface area contributed by atoms with Crippen molar-refractivity contribution in [3.05, 3.63) is 0 Å². The number of rotatable bonds is 2. The van der Waals surface area contributed by atoms with Crippen molar-refractivity contribution in [3.8, 4) is 0 Å². The van der Waals surface area contributed by atoms with Gasteiger partial charge in [-0.2, -0.15) is 0 Å². The molecule has 0 amide bonds. The molecule has 3 heteroatoms. The smallest absolute Gasteiger partial charge is 0.254 e. The van der Waals surface area contributed by atoms with Crippen LogP contribution in [0.3, 0.4) is 0 Å². The Labute approximate surface area is 72.7 Å². The zero-order chi connectivity index (χ0) is 9.41. The molecule has 0 aromatic heterocycles. The van der Waals surface area contributed by atoms with Gasteiger partial charge in [-0.3, -0.25) is 0 Å². The summed E-state index contributed by atoms with van der Waals surface area (Å²) in [7, 11) is 1.90. The molecular weight excluding hydrogens is 160 g/mol. The molecule has 0 aliphatic carbocycles. The van der Waals surface area contributed by atoms with Gasteiger partial charge >= 0.3 is 0 Å². The quantitative estimate of drug-likeness (QED) is 0.626. The fourth-order valence-corrected chi connectivity index (χ4v) is 1.92. The van der Waals surface area contributed by atoms with E-state index in [-0.39, 0.29) is 6.42 Å². The van der Waals surface area contributed by atoms with E-state index in [1.54, 1.807) is 13.8 Å². The lowest BCUT2D eigenvalue weighted by Crippen LogP contribution is -2.40. The predicted molar refractivity (Wildman–Crippen MR) is 45.5 cm³/mol. The fraction of sp³-hybridized carbons (Fsp3) is 1.00. The second kappa shape index (κ2) is 2.95. The highest BCUT2D eigenvalue weighted by molar-refractivity contribution is 4.94. The van der Waals surface area contributed by atoms with E-state index in [2.05, 4.69) is 0 Å². The van der Waals surface area contributed by atoms with E-state index in [1.807, 2.05) is 11.9 Å². The van der Waals surface area contributed by atoms with Gasteiger partial charge in [0.25, 0.3) is 5.92 Å². The molecule has 0 spiro atoms. The normalized spacial score (nSPS) is 32.8. The molecule has 0 bridgehead atoms. The lowest BCUT2D eigenvalue weighted by molar-refractivity contribution is -0.110. The third kappa shape index (κ3) is 1.47. The van der Waals surface area contributed by atoms with Crippen molar-refractivity contribution in [1.29, 1.82) is 0 Å². The highest BCUT2D eigenvalue weighted by atomic mass is 19.3. The van der Waals surface area contributed by atoms with Crippen molar-refractivity contribution < 1.29 is 8.78 Å². The highest BCUT2D eigenvalue weighted by Crippen LogP contribution is 2.45. The van der Waals surface area contributed by atoms with Gasteiger partial charge in [-0.25, -0.2) is 8.78 Å². The molecule has 1 aliphatic rings. The SMILES string of the molecule is CCC(F)(F)C1(C)CCN(C)C1. The van der Waals surface area contributed by atoms with Crippen molar-refractivity contribution in [2.45, 2.75) is 32.6 Å². The summed E-state index contributed by atoms with van der Waals surface area (Å²) in [6, 6.07) is 0. The van der Waals surface area contributed by atoms with Gasteiger partial charge in [-0.05, 0) is 20.0 Å². The third-order valence-electron chi connectivity index (χ3n) is 2.99. The number of likely N-dealkylation sites (tertiary alicyclic amines) is 1. The molecule has 1 atom stereocenters. The number of hydrogen-bond acceptors (Lipinski definition) is 1. The standard InChI is InChI=1S/C9H17F2N/c1-4-9(10,11)8(2)5-6-12(3)7-8/h4-7H2,1-3H3. The van der Waals surface area contributed by atoms with Crippen molar-refractivity contribution in [3.63, 3.8) is 0 Å². The van der Waals surface area contributed by atoms with Crippen LogP contribution in [-0.2, 0) is 0 Å². The molecule has 0 aromatic carbocycles. The summed E-state index contributed by atoms with van der Waals surface area (Å²) in [5.74, 6) is -2.50. The Hall–Kier alpha value is -0.180. The van der Waals surface area contributed by atoms with Crippen LogP contribution < -0.4 is 0 Å². The van der Waals surface area contributed by atoms with Gasteiger partial charge in [0, 0.05) is 18.4 Å². The van der Waals surface area contributed by atoms with E-state index < -0.39 is 11.3 Å². The van der Waals surface area contributed by atoms with Gasteiger partial charge in [0.1, 0.15) is 0 Å². The first-order valence-electron chi connectivity index (χ1n) is 4.48. The van der Waals surface area contributed by atoms with Crippen molar-refractivity contribution in [1.82, 2.24) is 4.90 Å². The Morgan fingerprint density at radius 2 is 2.08 bits per heavy atom. The zero-order valence-electron chi connectivity index (χ0n) is 8.03. The minimum atomic E-state index is -2.50. The minimum absolute atomic E-state index is 0.0443. The summed E-state index contributed by atoms with van der Waals surface area (Å²) in [5.41, 5.74) is -0.795. The Balaban J connectivity index is 2.72. The van der Waals surface area contributed by atoms with Crippen LogP contribution in [0.5, 0.6) is 0 Å². The Kier molecular flexibility index (Phi) is 2.43. The van der Waals surface area contributed by atoms with E-state index in [9.17, 15) is 8.78 Å². The number of nitrogens with zero attached hydrogens (tertiary/aromatic N) is 1. The van der Waals surface area contributed by atoms with Gasteiger partial charge in [0.2, 0.25) is 0 Å². The summed E-state index contributed by atoms with van der Waals surface area (Å²) in [6.07, 6.45) is 0.571. The maximum absolute atomic E-state index is 13.4. The lowest BCUT2D eigenvalue weighted by Gasteiger charge is -2.32. The first-order chi connectivity index (χ1) is 5.41. The van der Waals surface area contributed by atoms with Crippen LogP contribution in [0.25, 0.3) is 0 Å². The van der Waals surface area contributed by atoms with E-state index in [0.717, 1.165) is 6.54 Å². The van der Waals surface area contributed by atoms with Gasteiger partial charge in [-0.15, -0.1) is 0 Å². The molecule has 0 radical (unpaired) electrons. The summed E-state index contributed by atoms with van der Waals surface area (Å²) in [6.45, 7) is 4.57. The molecule has 1 aliphatic heterocycles. The second-order valence-electron chi connectivity index (χ2n) is 4.11. The number of halogens is 2. The third-order valence-corrected chi connectivity index (χ3v) is 2.99. The summed E-state index contributed by atoms with van der Waals surface area (Å²) in [4.78, 5) is 1.98. The first-order valence-corrected chi connectivity index (χ1v) is 4.48. The predicted octanol–water partition coefficient (Wildman–Crippen LogP) is 2.37. The lowest BCUT2D eigenvalue weighted by atomic mass is 9.81. The van der Waals surface area contributed by atoms with Crippen molar-refractivity contribution in [2.75, 3.05) is 20.1 Å². The van der Waals surface area contributed by atoms with Gasteiger partial charge in [-0.1, -0.05) is 13.8 Å². The summed E-state index contributed by atoms with van der Waals surface area (Å²) >= 11 is 0. The van der Waals surface area contributed by atoms with Crippen LogP contribution >= 0.6 is 0 Å². The molecular formula is C9H17F2N. The number of alkyl halides is 2. The molecule has 1 saturated heterocycles. The second-order valence-corrected chi connectivity index (χ2v) is 4.11. The van der Waals surface area contributed by atoms with Crippen molar-refractivity contribution in [2.24, 2.45) is 5.41 Å². The van der Waals surface area contributed by atoms with Gasteiger partial charge in [0.15, 0.2) is 0 Å². The van der Waals surface area contributed by atoms with Crippen LogP contribution in [0, 0.1) is 5.41 Å². The molecule has 1 rings (SSSR count). The molecule has 1 unspecified atom stereocenters. The molecule has 1 heterocycles. The van der Waals surface area contributed by atoms with Crippen LogP contribution in [0.1, 0.15) is 26.7 Å². The summed E-state index contributed by atoms with van der Waals surface area (Å²) < 4.78 is 26.8. The largest absolute Gasteiger partial charge is 0.306 e. The number of hydrogen-bond donors (Lipinski definition) is 0.